The summed E-state index contributed by atoms with van der Waals surface area (Å²) in [4.78, 5) is 22.3. The summed E-state index contributed by atoms with van der Waals surface area (Å²) in [5.41, 5.74) is 1.28. The number of hydrogen-bond acceptors (Lipinski definition) is 4. The number of amides is 1. The summed E-state index contributed by atoms with van der Waals surface area (Å²) >= 11 is 4.73. The molecule has 0 aliphatic rings. The zero-order chi connectivity index (χ0) is 14.7. The van der Waals surface area contributed by atoms with Gasteiger partial charge in [-0.1, -0.05) is 12.1 Å². The first kappa shape index (κ1) is 14.7. The number of benzene rings is 1. The number of carbonyl (C=O) groups excluding carboxylic acids is 1. The van der Waals surface area contributed by atoms with Crippen molar-refractivity contribution in [1.29, 1.82) is 0 Å². The van der Waals surface area contributed by atoms with Gasteiger partial charge in [0.2, 0.25) is 0 Å². The molecule has 5 nitrogen and oxygen atoms in total. The van der Waals surface area contributed by atoms with Crippen LogP contribution in [0.25, 0.3) is 0 Å². The van der Waals surface area contributed by atoms with Crippen LogP contribution in [0.15, 0.2) is 39.5 Å². The average Bonchev–Trinajstić information content (AvgIpc) is 2.85. The molecule has 1 unspecified atom stereocenters. The van der Waals surface area contributed by atoms with Gasteiger partial charge >= 0.3 is 0 Å². The average molecular weight is 355 g/mol. The lowest BCUT2D eigenvalue weighted by Gasteiger charge is -2.13. The molecule has 104 valence electrons. The number of nitrogens with zero attached hydrogens (tertiary/aromatic N) is 1. The first-order valence-corrected chi connectivity index (χ1v) is 7.44. The van der Waals surface area contributed by atoms with Crippen LogP contribution in [0.2, 0.25) is 0 Å². The van der Waals surface area contributed by atoms with Crippen LogP contribution in [0.1, 0.15) is 28.9 Å². The van der Waals surface area contributed by atoms with Gasteiger partial charge < -0.3 is 5.32 Å². The van der Waals surface area contributed by atoms with E-state index in [1.54, 1.807) is 30.5 Å². The number of non-ortho nitro benzene ring substituents is 1. The van der Waals surface area contributed by atoms with E-state index in [1.807, 2.05) is 0 Å². The minimum Gasteiger partial charge on any atom is -0.345 e. The van der Waals surface area contributed by atoms with E-state index in [0.29, 0.717) is 11.1 Å². The predicted molar refractivity (Wildman–Crippen MR) is 81.0 cm³/mol. The van der Waals surface area contributed by atoms with Crippen molar-refractivity contribution in [2.24, 2.45) is 0 Å². The van der Waals surface area contributed by atoms with E-state index in [4.69, 9.17) is 0 Å². The van der Waals surface area contributed by atoms with E-state index in [0.717, 1.165) is 3.79 Å². The fourth-order valence-corrected chi connectivity index (χ4v) is 2.84. The van der Waals surface area contributed by atoms with E-state index in [2.05, 4.69) is 21.2 Å². The lowest BCUT2D eigenvalue weighted by Crippen LogP contribution is -2.26. The zero-order valence-corrected chi connectivity index (χ0v) is 12.9. The quantitative estimate of drug-likeness (QED) is 0.668. The van der Waals surface area contributed by atoms with Crippen LogP contribution >= 0.6 is 27.3 Å². The number of halogens is 1. The lowest BCUT2D eigenvalue weighted by molar-refractivity contribution is -0.384. The Kier molecular flexibility index (Phi) is 4.51. The molecule has 2 aromatic rings. The van der Waals surface area contributed by atoms with Gasteiger partial charge in [-0.25, -0.2) is 0 Å². The molecule has 2 rings (SSSR count). The predicted octanol–water partition coefficient (Wildman–Crippen LogP) is 3.91. The maximum absolute atomic E-state index is 12.0. The highest BCUT2D eigenvalue weighted by Crippen LogP contribution is 2.22. The number of nitrogens with one attached hydrogen (secondary N) is 1. The summed E-state index contributed by atoms with van der Waals surface area (Å²) in [5, 5.41) is 15.3. The van der Waals surface area contributed by atoms with Gasteiger partial charge in [-0.05, 0) is 34.5 Å². The van der Waals surface area contributed by atoms with Crippen LogP contribution in [-0.2, 0) is 0 Å². The van der Waals surface area contributed by atoms with Crippen molar-refractivity contribution < 1.29 is 9.72 Å². The topological polar surface area (TPSA) is 72.2 Å². The highest BCUT2D eigenvalue weighted by atomic mass is 79.9. The standard InChI is InChI=1S/C13H11BrN2O3S/c1-8(9-3-2-4-11(5-9)16(18)19)15-13(17)10-6-12(14)20-7-10/h2-8H,1H3,(H,15,17). The molecular formula is C13H11BrN2O3S. The number of rotatable bonds is 4. The monoisotopic (exact) mass is 354 g/mol. The zero-order valence-electron chi connectivity index (χ0n) is 10.5. The second kappa shape index (κ2) is 6.15. The third-order valence-electron chi connectivity index (χ3n) is 2.76. The van der Waals surface area contributed by atoms with Gasteiger partial charge in [0, 0.05) is 17.5 Å². The Morgan fingerprint density at radius 3 is 2.80 bits per heavy atom. The van der Waals surface area contributed by atoms with Crippen LogP contribution in [0, 0.1) is 10.1 Å². The Hall–Kier alpha value is -1.73. The van der Waals surface area contributed by atoms with Gasteiger partial charge in [-0.15, -0.1) is 11.3 Å². The molecule has 7 heteroatoms. The van der Waals surface area contributed by atoms with Gasteiger partial charge in [0.05, 0.1) is 20.3 Å². The largest absolute Gasteiger partial charge is 0.345 e. The number of carbonyl (C=O) groups is 1. The number of nitro groups is 1. The Bertz CT molecular complexity index is 657. The normalized spacial score (nSPS) is 11.9. The van der Waals surface area contributed by atoms with E-state index < -0.39 is 4.92 Å². The second-order valence-electron chi connectivity index (χ2n) is 4.19. The molecule has 0 radical (unpaired) electrons. The van der Waals surface area contributed by atoms with Gasteiger partial charge in [-0.3, -0.25) is 14.9 Å². The van der Waals surface area contributed by atoms with Gasteiger partial charge in [-0.2, -0.15) is 0 Å². The maximum atomic E-state index is 12.0. The molecule has 1 aromatic heterocycles. The van der Waals surface area contributed by atoms with Crippen molar-refractivity contribution in [3.8, 4) is 0 Å². The molecule has 1 amide bonds. The molecule has 0 aliphatic carbocycles. The molecule has 0 bridgehead atoms. The molecule has 20 heavy (non-hydrogen) atoms. The van der Waals surface area contributed by atoms with Crippen LogP contribution in [0.3, 0.4) is 0 Å². The minimum absolute atomic E-state index is 0.0156. The molecule has 0 fully saturated rings. The second-order valence-corrected chi connectivity index (χ2v) is 6.48. The van der Waals surface area contributed by atoms with Gasteiger partial charge in [0.15, 0.2) is 0 Å². The van der Waals surface area contributed by atoms with E-state index in [-0.39, 0.29) is 17.6 Å². The highest BCUT2D eigenvalue weighted by molar-refractivity contribution is 9.11. The molecule has 1 atom stereocenters. The first-order valence-electron chi connectivity index (χ1n) is 5.76. The minimum atomic E-state index is -0.450. The number of hydrogen-bond donors (Lipinski definition) is 1. The summed E-state index contributed by atoms with van der Waals surface area (Å²) in [7, 11) is 0. The first-order chi connectivity index (χ1) is 9.47. The van der Waals surface area contributed by atoms with Crippen LogP contribution < -0.4 is 5.32 Å². The van der Waals surface area contributed by atoms with Crippen molar-refractivity contribution in [3.05, 3.63) is 60.7 Å². The van der Waals surface area contributed by atoms with E-state index in [1.165, 1.54) is 23.5 Å². The number of thiophene rings is 1. The fourth-order valence-electron chi connectivity index (χ4n) is 1.70. The van der Waals surface area contributed by atoms with Crippen LogP contribution in [0.4, 0.5) is 5.69 Å². The molecule has 0 spiro atoms. The van der Waals surface area contributed by atoms with Crippen molar-refractivity contribution in [3.63, 3.8) is 0 Å². The molecule has 1 heterocycles. The van der Waals surface area contributed by atoms with Crippen LogP contribution in [0.5, 0.6) is 0 Å². The Morgan fingerprint density at radius 2 is 2.20 bits per heavy atom. The third-order valence-corrected chi connectivity index (χ3v) is 4.26. The Balaban J connectivity index is 2.12. The molecule has 1 aromatic carbocycles. The Labute approximate surface area is 127 Å². The number of nitro benzene ring substituents is 1. The third kappa shape index (κ3) is 3.43. The van der Waals surface area contributed by atoms with Crippen molar-refractivity contribution in [2.75, 3.05) is 0 Å². The molecule has 0 aliphatic heterocycles. The SMILES string of the molecule is CC(NC(=O)c1csc(Br)c1)c1cccc([N+](=O)[O-])c1. The van der Waals surface area contributed by atoms with Gasteiger partial charge in [0.25, 0.3) is 11.6 Å². The fraction of sp³-hybridized carbons (Fsp3) is 0.154. The summed E-state index contributed by atoms with van der Waals surface area (Å²) in [6, 6.07) is 7.68. The van der Waals surface area contributed by atoms with Crippen molar-refractivity contribution in [1.82, 2.24) is 5.32 Å². The Morgan fingerprint density at radius 1 is 1.45 bits per heavy atom. The van der Waals surface area contributed by atoms with E-state index in [9.17, 15) is 14.9 Å². The van der Waals surface area contributed by atoms with E-state index >= 15 is 0 Å². The van der Waals surface area contributed by atoms with Crippen LogP contribution in [-0.4, -0.2) is 10.8 Å². The maximum Gasteiger partial charge on any atom is 0.269 e. The summed E-state index contributed by atoms with van der Waals surface area (Å²) < 4.78 is 0.880. The molecule has 0 saturated carbocycles. The summed E-state index contributed by atoms with van der Waals surface area (Å²) in [6.45, 7) is 1.79. The molecule has 1 N–H and O–H groups in total. The van der Waals surface area contributed by atoms with Gasteiger partial charge in [0.1, 0.15) is 0 Å². The summed E-state index contributed by atoms with van der Waals surface area (Å²) in [6.07, 6.45) is 0. The smallest absolute Gasteiger partial charge is 0.269 e. The van der Waals surface area contributed by atoms with Crippen molar-refractivity contribution >= 4 is 38.9 Å². The summed E-state index contributed by atoms with van der Waals surface area (Å²) in [5.74, 6) is -0.203. The highest BCUT2D eigenvalue weighted by Gasteiger charge is 2.15. The molecule has 0 saturated heterocycles. The molecular weight excluding hydrogens is 344 g/mol. The lowest BCUT2D eigenvalue weighted by atomic mass is 10.1. The van der Waals surface area contributed by atoms with Crippen molar-refractivity contribution in [2.45, 2.75) is 13.0 Å².